The number of aromatic nitrogens is 1. The molecule has 35 heavy (non-hydrogen) atoms. The van der Waals surface area contributed by atoms with Crippen LogP contribution >= 0.6 is 0 Å². The summed E-state index contributed by atoms with van der Waals surface area (Å²) < 4.78 is 0. The van der Waals surface area contributed by atoms with Crippen molar-refractivity contribution in [2.75, 3.05) is 11.9 Å². The third-order valence-electron chi connectivity index (χ3n) is 5.48. The largest absolute Gasteiger partial charge is 0.372 e. The molecule has 0 aliphatic rings. The van der Waals surface area contributed by atoms with E-state index >= 15 is 0 Å². The van der Waals surface area contributed by atoms with Crippen molar-refractivity contribution in [1.29, 1.82) is 0 Å². The Hall–Kier alpha value is -4.18. The van der Waals surface area contributed by atoms with Crippen molar-refractivity contribution < 1.29 is 4.79 Å². The molecule has 0 bridgehead atoms. The minimum atomic E-state index is 0.221. The van der Waals surface area contributed by atoms with Crippen LogP contribution in [0.25, 0.3) is 11.1 Å². The van der Waals surface area contributed by atoms with E-state index in [1.54, 1.807) is 0 Å². The number of rotatable bonds is 7. The summed E-state index contributed by atoms with van der Waals surface area (Å²) in [5, 5.41) is 0. The smallest absolute Gasteiger partial charge is 0.204 e. The first-order chi connectivity index (χ1) is 17.1. The van der Waals surface area contributed by atoms with Gasteiger partial charge >= 0.3 is 0 Å². The number of nitrogens with zero attached hydrogens (tertiary/aromatic N) is 2. The number of anilines is 1. The molecule has 2 N–H and O–H groups in total. The van der Waals surface area contributed by atoms with Crippen molar-refractivity contribution in [2.45, 2.75) is 25.8 Å². The van der Waals surface area contributed by atoms with Gasteiger partial charge < -0.3 is 10.6 Å². The molecule has 4 rings (SSSR count). The van der Waals surface area contributed by atoms with Gasteiger partial charge in [0.2, 0.25) is 6.41 Å². The van der Waals surface area contributed by atoms with Crippen LogP contribution in [0.1, 0.15) is 30.5 Å². The third kappa shape index (κ3) is 8.94. The normalized spacial score (nSPS) is 10.5. The molecule has 0 fully saturated rings. The zero-order chi connectivity index (χ0) is 25.3. The van der Waals surface area contributed by atoms with Crippen molar-refractivity contribution in [1.82, 2.24) is 4.98 Å². The molecule has 0 aliphatic heterocycles. The minimum absolute atomic E-state index is 0.221. The zero-order valence-corrected chi connectivity index (χ0v) is 20.6. The van der Waals surface area contributed by atoms with Gasteiger partial charge in [0, 0.05) is 25.1 Å². The number of amides is 1. The van der Waals surface area contributed by atoms with E-state index in [0.717, 1.165) is 12.8 Å². The van der Waals surface area contributed by atoms with Crippen molar-refractivity contribution >= 4 is 12.1 Å². The highest BCUT2D eigenvalue weighted by Gasteiger charge is 2.18. The molecule has 3 aromatic carbocycles. The lowest BCUT2D eigenvalue weighted by atomic mass is 9.98. The quantitative estimate of drug-likeness (QED) is 0.240. The highest BCUT2D eigenvalue weighted by molar-refractivity contribution is 5.66. The lowest BCUT2D eigenvalue weighted by Crippen LogP contribution is -2.26. The second-order valence-corrected chi connectivity index (χ2v) is 7.85. The van der Waals surface area contributed by atoms with Crippen LogP contribution in [-0.4, -0.2) is 18.4 Å². The van der Waals surface area contributed by atoms with Crippen LogP contribution in [0, 0.1) is 0 Å². The number of hydrogen-bond acceptors (Lipinski definition) is 3. The molecule has 1 aromatic heterocycles. The van der Waals surface area contributed by atoms with Gasteiger partial charge in [0.15, 0.2) is 0 Å². The molecule has 1 amide bonds. The Morgan fingerprint density at radius 3 is 1.94 bits per heavy atom. The number of nitrogens with two attached hydrogens (primary N) is 1. The van der Waals surface area contributed by atoms with Gasteiger partial charge in [0.05, 0.1) is 6.04 Å². The summed E-state index contributed by atoms with van der Waals surface area (Å²) in [5.74, 6) is 0. The zero-order valence-electron chi connectivity index (χ0n) is 20.6. The predicted molar refractivity (Wildman–Crippen MR) is 148 cm³/mol. The molecular weight excluding hydrogens is 430 g/mol. The fourth-order valence-corrected chi connectivity index (χ4v) is 3.59. The maximum atomic E-state index is 8.58. The minimum Gasteiger partial charge on any atom is -0.372 e. The first kappa shape index (κ1) is 27.1. The fourth-order valence-electron chi connectivity index (χ4n) is 3.59. The van der Waals surface area contributed by atoms with Crippen LogP contribution in [-0.2, 0) is 11.2 Å². The highest BCUT2D eigenvalue weighted by Crippen LogP contribution is 2.30. The van der Waals surface area contributed by atoms with E-state index in [1.165, 1.54) is 27.9 Å². The van der Waals surface area contributed by atoms with Gasteiger partial charge in [-0.15, -0.1) is 6.58 Å². The number of allylic oxidation sites excluding steroid dienone is 1. The molecule has 180 valence electrons. The lowest BCUT2D eigenvalue weighted by Gasteiger charge is -2.31. The Morgan fingerprint density at radius 2 is 1.43 bits per heavy atom. The van der Waals surface area contributed by atoms with Crippen LogP contribution < -0.4 is 10.6 Å². The van der Waals surface area contributed by atoms with Gasteiger partial charge in [-0.1, -0.05) is 91.9 Å². The van der Waals surface area contributed by atoms with Crippen molar-refractivity contribution in [3.05, 3.63) is 133 Å². The summed E-state index contributed by atoms with van der Waals surface area (Å²) in [6.45, 7) is 5.54. The topological polar surface area (TPSA) is 59.2 Å². The molecule has 0 aliphatic carbocycles. The molecule has 0 radical (unpaired) electrons. The molecule has 1 heterocycles. The summed E-state index contributed by atoms with van der Waals surface area (Å²) in [4.78, 5) is 15.3. The number of carbonyl (C=O) groups is 1. The van der Waals surface area contributed by atoms with E-state index in [0.29, 0.717) is 0 Å². The molecule has 4 aromatic rings. The van der Waals surface area contributed by atoms with Gasteiger partial charge in [-0.05, 0) is 53.3 Å². The van der Waals surface area contributed by atoms with Crippen molar-refractivity contribution in [2.24, 2.45) is 5.73 Å². The Balaban J connectivity index is 0.000000551. The summed E-state index contributed by atoms with van der Waals surface area (Å²) in [5.41, 5.74) is 10.4. The number of carbonyl (C=O) groups excluding carboxylic acids is 1. The first-order valence-corrected chi connectivity index (χ1v) is 11.7. The maximum Gasteiger partial charge on any atom is 0.204 e. The van der Waals surface area contributed by atoms with Crippen LogP contribution in [0.5, 0.6) is 0 Å². The second kappa shape index (κ2) is 15.6. The van der Waals surface area contributed by atoms with Crippen LogP contribution in [0.3, 0.4) is 0 Å². The monoisotopic (exact) mass is 465 g/mol. The first-order valence-electron chi connectivity index (χ1n) is 11.7. The van der Waals surface area contributed by atoms with Gasteiger partial charge in [-0.2, -0.15) is 0 Å². The molecule has 1 atom stereocenters. The Kier molecular flexibility index (Phi) is 12.1. The lowest BCUT2D eigenvalue weighted by molar-refractivity contribution is -0.106. The summed E-state index contributed by atoms with van der Waals surface area (Å²) in [7, 11) is 2.16. The number of primary amides is 1. The summed E-state index contributed by atoms with van der Waals surface area (Å²) in [6.07, 6.45) is 7.95. The second-order valence-electron chi connectivity index (χ2n) is 7.85. The van der Waals surface area contributed by atoms with Crippen molar-refractivity contribution in [3.8, 4) is 11.1 Å². The molecule has 0 spiro atoms. The standard InChI is InChI=1S/C26H24N2.C4H8.CH3NO/c1-28(25-16-14-23(15-17-25)22-11-6-3-7-12-22)26(24-13-8-18-27-20-24)19-21-9-4-2-5-10-21;1-3-4-2;2-1-3/h2-18,20,26H,19H2,1H3;3H,1,4H2,2H3;1H,(H2,2,3). The molecule has 4 heteroatoms. The van der Waals surface area contributed by atoms with E-state index in [-0.39, 0.29) is 12.5 Å². The average molecular weight is 466 g/mol. The number of likely N-dealkylation sites (N-methyl/N-ethyl adjacent to an activating group) is 1. The third-order valence-corrected chi connectivity index (χ3v) is 5.48. The average Bonchev–Trinajstić information content (AvgIpc) is 2.93. The highest BCUT2D eigenvalue weighted by atomic mass is 16.1. The van der Waals surface area contributed by atoms with Crippen molar-refractivity contribution in [3.63, 3.8) is 0 Å². The van der Waals surface area contributed by atoms with E-state index in [1.807, 2.05) is 30.6 Å². The van der Waals surface area contributed by atoms with Crippen LogP contribution in [0.4, 0.5) is 5.69 Å². The fraction of sp³-hybridized carbons (Fsp3) is 0.161. The maximum absolute atomic E-state index is 8.58. The molecule has 0 saturated carbocycles. The van der Waals surface area contributed by atoms with E-state index in [9.17, 15) is 0 Å². The Labute approximate surface area is 209 Å². The molecular formula is C31H35N3O. The number of pyridine rings is 1. The molecule has 0 saturated heterocycles. The number of hydrogen-bond donors (Lipinski definition) is 1. The molecule has 1 unspecified atom stereocenters. The number of benzene rings is 3. The van der Waals surface area contributed by atoms with E-state index in [4.69, 9.17) is 4.79 Å². The van der Waals surface area contributed by atoms with Gasteiger partial charge in [-0.25, -0.2) is 0 Å². The Bertz CT molecular complexity index is 1100. The Morgan fingerprint density at radius 1 is 0.886 bits per heavy atom. The summed E-state index contributed by atoms with van der Waals surface area (Å²) >= 11 is 0. The van der Waals surface area contributed by atoms with Crippen LogP contribution in [0.2, 0.25) is 0 Å². The van der Waals surface area contributed by atoms with Gasteiger partial charge in [-0.3, -0.25) is 9.78 Å². The molecule has 4 nitrogen and oxygen atoms in total. The van der Waals surface area contributed by atoms with Crippen LogP contribution in [0.15, 0.2) is 122 Å². The van der Waals surface area contributed by atoms with Gasteiger partial charge in [0.1, 0.15) is 0 Å². The SMILES string of the molecule is C=CCC.CN(c1ccc(-c2ccccc2)cc1)C(Cc1ccccc1)c1cccnc1.NC=O. The van der Waals surface area contributed by atoms with E-state index in [2.05, 4.69) is 121 Å². The summed E-state index contributed by atoms with van der Waals surface area (Å²) in [6, 6.07) is 34.3. The predicted octanol–water partition coefficient (Wildman–Crippen LogP) is 6.85. The van der Waals surface area contributed by atoms with E-state index < -0.39 is 0 Å². The van der Waals surface area contributed by atoms with Gasteiger partial charge in [0.25, 0.3) is 0 Å².